The average molecular weight is 299 g/mol. The molecule has 5 rings (SSSR count). The Morgan fingerprint density at radius 2 is 1.64 bits per heavy atom. The molecule has 4 nitrogen and oxygen atoms in total. The van der Waals surface area contributed by atoms with E-state index in [2.05, 4.69) is 0 Å². The molecule has 0 atom stereocenters. The lowest BCUT2D eigenvalue weighted by molar-refractivity contribution is -0.385. The van der Waals surface area contributed by atoms with Crippen molar-refractivity contribution in [1.82, 2.24) is 0 Å². The van der Waals surface area contributed by atoms with E-state index in [1.54, 1.807) is 18.2 Å². The molecule has 4 bridgehead atoms. The van der Waals surface area contributed by atoms with Crippen LogP contribution in [-0.2, 0) is 0 Å². The van der Waals surface area contributed by atoms with E-state index in [1.807, 2.05) is 0 Å². The predicted molar refractivity (Wildman–Crippen MR) is 82.6 cm³/mol. The molecule has 4 aliphatic rings. The summed E-state index contributed by atoms with van der Waals surface area (Å²) in [5.41, 5.74) is 0.385. The minimum atomic E-state index is -0.438. The third-order valence-corrected chi connectivity index (χ3v) is 6.10. The fraction of sp³-hybridized carbons (Fsp3) is 0.611. The van der Waals surface area contributed by atoms with Gasteiger partial charge in [0.2, 0.25) is 0 Å². The topological polar surface area (TPSA) is 60.2 Å². The minimum absolute atomic E-state index is 0.0331. The molecule has 0 radical (unpaired) electrons. The number of Topliss-reactive ketones (excluding diaryl/α,β-unsaturated/α-hetero) is 1. The zero-order chi connectivity index (χ0) is 15.3. The molecule has 0 amide bonds. The third kappa shape index (κ3) is 2.25. The van der Waals surface area contributed by atoms with Crippen LogP contribution in [0.3, 0.4) is 0 Å². The lowest BCUT2D eigenvalue weighted by Crippen LogP contribution is -2.46. The Balaban J connectivity index is 1.59. The first-order valence-corrected chi connectivity index (χ1v) is 8.31. The van der Waals surface area contributed by atoms with Gasteiger partial charge < -0.3 is 0 Å². The van der Waals surface area contributed by atoms with E-state index in [9.17, 15) is 14.9 Å². The molecule has 4 saturated carbocycles. The summed E-state index contributed by atoms with van der Waals surface area (Å²) >= 11 is 0. The molecule has 4 fully saturated rings. The molecule has 0 saturated heterocycles. The van der Waals surface area contributed by atoms with Gasteiger partial charge in [-0.3, -0.25) is 14.9 Å². The number of ketones is 1. The van der Waals surface area contributed by atoms with Crippen LogP contribution in [0.15, 0.2) is 24.3 Å². The Kier molecular flexibility index (Phi) is 3.10. The number of benzene rings is 1. The van der Waals surface area contributed by atoms with Crippen LogP contribution < -0.4 is 0 Å². The molecule has 0 aliphatic heterocycles. The molecule has 1 aromatic carbocycles. The van der Waals surface area contributed by atoms with Gasteiger partial charge in [0.1, 0.15) is 0 Å². The molecule has 4 heteroatoms. The molecule has 0 spiro atoms. The number of hydrogen-bond donors (Lipinski definition) is 0. The zero-order valence-corrected chi connectivity index (χ0v) is 12.7. The second-order valence-electron chi connectivity index (χ2n) is 7.79. The summed E-state index contributed by atoms with van der Waals surface area (Å²) in [6, 6.07) is 6.40. The lowest BCUT2D eigenvalue weighted by atomic mass is 9.48. The van der Waals surface area contributed by atoms with Gasteiger partial charge in [-0.05, 0) is 67.8 Å². The van der Waals surface area contributed by atoms with Gasteiger partial charge in [-0.15, -0.1) is 0 Å². The van der Waals surface area contributed by atoms with Crippen LogP contribution >= 0.6 is 0 Å². The summed E-state index contributed by atoms with van der Waals surface area (Å²) in [6.45, 7) is 0. The lowest BCUT2D eigenvalue weighted by Gasteiger charge is -2.56. The van der Waals surface area contributed by atoms with Crippen molar-refractivity contribution in [2.24, 2.45) is 23.2 Å². The number of hydrogen-bond acceptors (Lipinski definition) is 3. The van der Waals surface area contributed by atoms with Gasteiger partial charge in [-0.2, -0.15) is 0 Å². The first-order chi connectivity index (χ1) is 10.5. The van der Waals surface area contributed by atoms with E-state index < -0.39 is 4.92 Å². The van der Waals surface area contributed by atoms with Gasteiger partial charge >= 0.3 is 0 Å². The van der Waals surface area contributed by atoms with E-state index in [4.69, 9.17) is 0 Å². The van der Waals surface area contributed by atoms with Crippen molar-refractivity contribution in [3.63, 3.8) is 0 Å². The van der Waals surface area contributed by atoms with Crippen molar-refractivity contribution in [3.05, 3.63) is 39.9 Å². The molecule has 0 aromatic heterocycles. The molecule has 1 aromatic rings. The molecule has 116 valence electrons. The average Bonchev–Trinajstić information content (AvgIpc) is 2.45. The van der Waals surface area contributed by atoms with Crippen LogP contribution in [-0.4, -0.2) is 10.7 Å². The fourth-order valence-corrected chi connectivity index (χ4v) is 5.81. The SMILES string of the molecule is O=C(CC12CC3CC(CC(C3)C1)C2)c1ccccc1[N+](=O)[O-]. The molecule has 22 heavy (non-hydrogen) atoms. The van der Waals surface area contributed by atoms with Gasteiger partial charge in [-0.25, -0.2) is 0 Å². The monoisotopic (exact) mass is 299 g/mol. The second kappa shape index (κ2) is 4.90. The summed E-state index contributed by atoms with van der Waals surface area (Å²) < 4.78 is 0. The van der Waals surface area contributed by atoms with Gasteiger partial charge in [0, 0.05) is 12.5 Å². The normalized spacial score (nSPS) is 35.5. The Hall–Kier alpha value is -1.71. The van der Waals surface area contributed by atoms with Crippen molar-refractivity contribution in [1.29, 1.82) is 0 Å². The van der Waals surface area contributed by atoms with Crippen molar-refractivity contribution in [2.45, 2.75) is 44.9 Å². The fourth-order valence-electron chi connectivity index (χ4n) is 5.81. The number of nitro groups is 1. The van der Waals surface area contributed by atoms with Crippen molar-refractivity contribution in [2.75, 3.05) is 0 Å². The summed E-state index contributed by atoms with van der Waals surface area (Å²) in [4.78, 5) is 23.5. The van der Waals surface area contributed by atoms with Crippen LogP contribution in [0.1, 0.15) is 55.3 Å². The third-order valence-electron chi connectivity index (χ3n) is 6.10. The van der Waals surface area contributed by atoms with Crippen molar-refractivity contribution < 1.29 is 9.72 Å². The van der Waals surface area contributed by atoms with Crippen LogP contribution in [0.25, 0.3) is 0 Å². The Morgan fingerprint density at radius 3 is 2.18 bits per heavy atom. The van der Waals surface area contributed by atoms with E-state index >= 15 is 0 Å². The van der Waals surface area contributed by atoms with E-state index in [0.29, 0.717) is 12.0 Å². The van der Waals surface area contributed by atoms with E-state index in [0.717, 1.165) is 37.0 Å². The van der Waals surface area contributed by atoms with Crippen LogP contribution in [0.4, 0.5) is 5.69 Å². The molecule has 0 heterocycles. The molecular formula is C18H21NO3. The zero-order valence-electron chi connectivity index (χ0n) is 12.7. The number of carbonyl (C=O) groups is 1. The highest BCUT2D eigenvalue weighted by Crippen LogP contribution is 2.61. The molecule has 0 unspecified atom stereocenters. The number of para-hydroxylation sites is 1. The Morgan fingerprint density at radius 1 is 1.09 bits per heavy atom. The van der Waals surface area contributed by atoms with Gasteiger partial charge in [0.05, 0.1) is 10.5 Å². The summed E-state index contributed by atoms with van der Waals surface area (Å²) in [5.74, 6) is 2.36. The van der Waals surface area contributed by atoms with Gasteiger partial charge in [0.15, 0.2) is 5.78 Å². The van der Waals surface area contributed by atoms with Crippen molar-refractivity contribution in [3.8, 4) is 0 Å². The smallest absolute Gasteiger partial charge is 0.280 e. The first-order valence-electron chi connectivity index (χ1n) is 8.31. The highest BCUT2D eigenvalue weighted by atomic mass is 16.6. The van der Waals surface area contributed by atoms with E-state index in [1.165, 1.54) is 25.3 Å². The van der Waals surface area contributed by atoms with Crippen LogP contribution in [0, 0.1) is 33.3 Å². The maximum absolute atomic E-state index is 12.8. The molecule has 4 aliphatic carbocycles. The second-order valence-corrected chi connectivity index (χ2v) is 7.79. The maximum Gasteiger partial charge on any atom is 0.280 e. The predicted octanol–water partition coefficient (Wildman–Crippen LogP) is 4.38. The summed E-state index contributed by atoms with van der Waals surface area (Å²) in [6.07, 6.45) is 8.01. The Bertz CT molecular complexity index is 602. The quantitative estimate of drug-likeness (QED) is 0.471. The number of nitrogens with zero attached hydrogens (tertiary/aromatic N) is 1. The highest BCUT2D eigenvalue weighted by Gasteiger charge is 2.51. The van der Waals surface area contributed by atoms with Crippen LogP contribution in [0.2, 0.25) is 0 Å². The van der Waals surface area contributed by atoms with Gasteiger partial charge in [-0.1, -0.05) is 12.1 Å². The largest absolute Gasteiger partial charge is 0.294 e. The maximum atomic E-state index is 12.8. The first kappa shape index (κ1) is 13.9. The molecule has 0 N–H and O–H groups in total. The highest BCUT2D eigenvalue weighted by molar-refractivity contribution is 6.00. The van der Waals surface area contributed by atoms with Gasteiger partial charge in [0.25, 0.3) is 5.69 Å². The summed E-state index contributed by atoms with van der Waals surface area (Å²) in [5, 5.41) is 11.1. The Labute approximate surface area is 130 Å². The van der Waals surface area contributed by atoms with Crippen molar-refractivity contribution >= 4 is 11.5 Å². The standard InChI is InChI=1S/C18H21NO3/c20-17(15-3-1-2-4-16(15)19(21)22)11-18-8-12-5-13(9-18)7-14(6-12)10-18/h1-4,12-14H,5-11H2. The summed E-state index contributed by atoms with van der Waals surface area (Å²) in [7, 11) is 0. The minimum Gasteiger partial charge on any atom is -0.294 e. The number of rotatable bonds is 4. The molecular weight excluding hydrogens is 278 g/mol. The number of carbonyl (C=O) groups excluding carboxylic acids is 1. The van der Waals surface area contributed by atoms with Crippen LogP contribution in [0.5, 0.6) is 0 Å². The number of nitro benzene ring substituents is 1. The van der Waals surface area contributed by atoms with E-state index in [-0.39, 0.29) is 16.9 Å².